The zero-order valence-corrected chi connectivity index (χ0v) is 21.1. The predicted octanol–water partition coefficient (Wildman–Crippen LogP) is 4.44. The highest BCUT2D eigenvalue weighted by Gasteiger charge is 2.47. The summed E-state index contributed by atoms with van der Waals surface area (Å²) in [6, 6.07) is 5.54. The van der Waals surface area contributed by atoms with Crippen LogP contribution in [0.5, 0.6) is 5.75 Å². The average molecular weight is 474 g/mol. The van der Waals surface area contributed by atoms with Gasteiger partial charge in [0.15, 0.2) is 0 Å². The topological polar surface area (TPSA) is 54.0 Å². The minimum absolute atomic E-state index is 0.0873. The van der Waals surface area contributed by atoms with E-state index in [2.05, 4.69) is 24.1 Å². The highest BCUT2D eigenvalue weighted by molar-refractivity contribution is 5.37. The van der Waals surface area contributed by atoms with Crippen molar-refractivity contribution in [2.45, 2.75) is 95.0 Å². The van der Waals surface area contributed by atoms with Crippen LogP contribution in [-0.2, 0) is 4.74 Å². The van der Waals surface area contributed by atoms with Gasteiger partial charge in [0.2, 0.25) is 0 Å². The van der Waals surface area contributed by atoms with E-state index in [-0.39, 0.29) is 23.4 Å². The highest BCUT2D eigenvalue weighted by atomic mass is 19.1. The molecule has 6 heteroatoms. The molecule has 5 rings (SSSR count). The van der Waals surface area contributed by atoms with Crippen LogP contribution in [0, 0.1) is 17.7 Å². The van der Waals surface area contributed by atoms with Crippen molar-refractivity contribution in [1.82, 2.24) is 10.2 Å². The van der Waals surface area contributed by atoms with E-state index in [1.54, 1.807) is 6.07 Å². The molecule has 189 valence electrons. The van der Waals surface area contributed by atoms with E-state index in [4.69, 9.17) is 9.47 Å². The molecule has 1 saturated carbocycles. The van der Waals surface area contributed by atoms with E-state index >= 15 is 0 Å². The summed E-state index contributed by atoms with van der Waals surface area (Å²) >= 11 is 0. The Hall–Kier alpha value is -1.21. The van der Waals surface area contributed by atoms with E-state index in [9.17, 15) is 9.50 Å². The Balaban J connectivity index is 1.15. The molecule has 2 atom stereocenters. The molecule has 3 aliphatic heterocycles. The van der Waals surface area contributed by atoms with Crippen molar-refractivity contribution in [3.8, 4) is 5.75 Å². The van der Waals surface area contributed by atoms with E-state index in [1.165, 1.54) is 12.0 Å². The summed E-state index contributed by atoms with van der Waals surface area (Å²) in [7, 11) is 0. The molecule has 0 aromatic heterocycles. The van der Waals surface area contributed by atoms with Crippen molar-refractivity contribution in [3.05, 3.63) is 35.5 Å². The van der Waals surface area contributed by atoms with Crippen LogP contribution in [0.2, 0.25) is 0 Å². The summed E-state index contributed by atoms with van der Waals surface area (Å²) in [5.41, 5.74) is 0.464. The molecule has 0 bridgehead atoms. The molecule has 1 aromatic rings. The minimum atomic E-state index is -0.645. The van der Waals surface area contributed by atoms with Gasteiger partial charge in [-0.25, -0.2) is 4.39 Å². The number of piperidine rings is 1. The molecular formula is C28H42FN2O3. The second-order valence-electron chi connectivity index (χ2n) is 11.9. The average Bonchev–Trinajstić information content (AvgIpc) is 3.22. The van der Waals surface area contributed by atoms with Gasteiger partial charge in [0.25, 0.3) is 0 Å². The molecule has 4 fully saturated rings. The maximum absolute atomic E-state index is 14.2. The lowest BCUT2D eigenvalue weighted by atomic mass is 9.69. The Bertz CT molecular complexity index is 842. The second-order valence-corrected chi connectivity index (χ2v) is 11.9. The molecule has 4 aliphatic rings. The predicted molar refractivity (Wildman–Crippen MR) is 131 cm³/mol. The van der Waals surface area contributed by atoms with Gasteiger partial charge in [0.1, 0.15) is 11.6 Å². The molecule has 1 spiro atoms. The number of halogens is 1. The largest absolute Gasteiger partial charge is 0.490 e. The molecule has 3 saturated heterocycles. The third-order valence-corrected chi connectivity index (χ3v) is 8.94. The summed E-state index contributed by atoms with van der Waals surface area (Å²) in [4.78, 5) is 2.58. The summed E-state index contributed by atoms with van der Waals surface area (Å²) < 4.78 is 26.7. The van der Waals surface area contributed by atoms with Gasteiger partial charge >= 0.3 is 0 Å². The maximum atomic E-state index is 14.2. The number of ether oxygens (including phenoxy) is 2. The van der Waals surface area contributed by atoms with Crippen molar-refractivity contribution >= 4 is 0 Å². The van der Waals surface area contributed by atoms with E-state index < -0.39 is 5.60 Å². The lowest BCUT2D eigenvalue weighted by Crippen LogP contribution is -2.59. The van der Waals surface area contributed by atoms with Gasteiger partial charge in [-0.2, -0.15) is 0 Å². The fourth-order valence-corrected chi connectivity index (χ4v) is 6.28. The first-order valence-corrected chi connectivity index (χ1v) is 13.3. The van der Waals surface area contributed by atoms with Crippen LogP contribution in [0.25, 0.3) is 0 Å². The van der Waals surface area contributed by atoms with Crippen molar-refractivity contribution in [2.24, 2.45) is 5.92 Å². The number of nitrogens with one attached hydrogen (secondary N) is 1. The number of hydrogen-bond acceptors (Lipinski definition) is 5. The van der Waals surface area contributed by atoms with Gasteiger partial charge < -0.3 is 19.9 Å². The minimum Gasteiger partial charge on any atom is -0.490 e. The maximum Gasteiger partial charge on any atom is 0.123 e. The molecule has 1 radical (unpaired) electrons. The van der Waals surface area contributed by atoms with E-state index in [0.717, 1.165) is 89.0 Å². The first-order chi connectivity index (χ1) is 16.2. The molecule has 2 N–H and O–H groups in total. The van der Waals surface area contributed by atoms with Crippen molar-refractivity contribution in [2.75, 3.05) is 32.8 Å². The normalized spacial score (nSPS) is 31.3. The zero-order valence-electron chi connectivity index (χ0n) is 21.1. The van der Waals surface area contributed by atoms with Crippen LogP contribution < -0.4 is 10.1 Å². The molecular weight excluding hydrogens is 431 g/mol. The molecule has 1 aliphatic carbocycles. The number of nitrogens with zero attached hydrogens (tertiary/aromatic N) is 1. The Labute approximate surface area is 204 Å². The van der Waals surface area contributed by atoms with Gasteiger partial charge in [0, 0.05) is 24.7 Å². The fourth-order valence-electron chi connectivity index (χ4n) is 6.28. The number of aliphatic hydroxyl groups is 1. The van der Waals surface area contributed by atoms with Crippen LogP contribution in [-0.4, -0.2) is 66.1 Å². The Morgan fingerprint density at radius 3 is 2.62 bits per heavy atom. The lowest BCUT2D eigenvalue weighted by molar-refractivity contribution is -0.0839. The van der Waals surface area contributed by atoms with Gasteiger partial charge in [0.05, 0.1) is 23.9 Å². The first-order valence-electron chi connectivity index (χ1n) is 13.3. The standard InChI is InChI=1S/C28H42FN2O3/c1-19(2)6-9-27(3,32)21-12-24(13-21)34-26-5-4-22(29)14-25(26)20-7-10-31(11-8-20)23-15-28(33-16-23)17-30-18-28/h4-5,14,20-21,23-24,30,32H,6-13,15-18H2,1-3H3/t21?,23?,24?,27-/m0/s1. The first kappa shape index (κ1) is 24.5. The molecule has 3 heterocycles. The number of likely N-dealkylation sites (tertiary alicyclic amines) is 1. The van der Waals surface area contributed by atoms with Crippen LogP contribution in [0.15, 0.2) is 18.2 Å². The van der Waals surface area contributed by atoms with Crippen LogP contribution in [0.4, 0.5) is 4.39 Å². The zero-order chi connectivity index (χ0) is 23.9. The van der Waals surface area contributed by atoms with Gasteiger partial charge in [-0.1, -0.05) is 13.8 Å². The molecule has 1 unspecified atom stereocenters. The summed E-state index contributed by atoms with van der Waals surface area (Å²) in [6.07, 6.45) is 6.77. The van der Waals surface area contributed by atoms with E-state index in [1.807, 2.05) is 13.0 Å². The quantitative estimate of drug-likeness (QED) is 0.585. The second kappa shape index (κ2) is 9.68. The van der Waals surface area contributed by atoms with Gasteiger partial charge in [-0.15, -0.1) is 0 Å². The molecule has 1 aromatic carbocycles. The number of hydrogen-bond donors (Lipinski definition) is 2. The van der Waals surface area contributed by atoms with E-state index in [0.29, 0.717) is 12.0 Å². The van der Waals surface area contributed by atoms with Crippen molar-refractivity contribution in [1.29, 1.82) is 0 Å². The lowest BCUT2D eigenvalue weighted by Gasteiger charge is -2.44. The SMILES string of the molecule is C[C](C)CC[C@](C)(O)C1CC(Oc2ccc(F)cc2C2CCN(C3COC4(CNC4)C3)CC2)C1. The van der Waals surface area contributed by atoms with Gasteiger partial charge in [-0.05, 0) is 101 Å². The number of benzene rings is 1. The van der Waals surface area contributed by atoms with Crippen molar-refractivity contribution in [3.63, 3.8) is 0 Å². The third-order valence-electron chi connectivity index (χ3n) is 8.94. The van der Waals surface area contributed by atoms with Crippen LogP contribution in [0.1, 0.15) is 77.2 Å². The molecule has 0 amide bonds. The van der Waals surface area contributed by atoms with Crippen LogP contribution in [0.3, 0.4) is 0 Å². The Morgan fingerprint density at radius 2 is 2.00 bits per heavy atom. The fraction of sp³-hybridized carbons (Fsp3) is 0.750. The number of rotatable bonds is 8. The van der Waals surface area contributed by atoms with Crippen LogP contribution >= 0.6 is 0 Å². The summed E-state index contributed by atoms with van der Waals surface area (Å²) in [6.45, 7) is 11.1. The Kier molecular flexibility index (Phi) is 6.97. The molecule has 34 heavy (non-hydrogen) atoms. The summed E-state index contributed by atoms with van der Waals surface area (Å²) in [5.74, 6) is 2.60. The Morgan fingerprint density at radius 1 is 1.26 bits per heavy atom. The summed E-state index contributed by atoms with van der Waals surface area (Å²) in [5, 5.41) is 14.2. The smallest absolute Gasteiger partial charge is 0.123 e. The van der Waals surface area contributed by atoms with Gasteiger partial charge in [-0.3, -0.25) is 4.90 Å². The van der Waals surface area contributed by atoms with Crippen molar-refractivity contribution < 1.29 is 19.0 Å². The monoisotopic (exact) mass is 473 g/mol. The third kappa shape index (κ3) is 5.16. The molecule has 5 nitrogen and oxygen atoms in total. The highest BCUT2D eigenvalue weighted by Crippen LogP contribution is 2.44.